The lowest BCUT2D eigenvalue weighted by molar-refractivity contribution is 0.102. The Morgan fingerprint density at radius 3 is 3.14 bits per heavy atom. The van der Waals surface area contributed by atoms with E-state index in [0.717, 1.165) is 0 Å². The number of carbonyl (C=O) groups is 1. The van der Waals surface area contributed by atoms with E-state index in [1.165, 1.54) is 18.3 Å². The second kappa shape index (κ2) is 4.82. The highest BCUT2D eigenvalue weighted by Crippen LogP contribution is 2.08. The molecule has 0 saturated carbocycles. The van der Waals surface area contributed by atoms with Gasteiger partial charge < -0.3 is 9.47 Å². The minimum Gasteiger partial charge on any atom is -0.434 e. The molecule has 1 heterocycles. The zero-order valence-electron chi connectivity index (χ0n) is 7.56. The Kier molecular flexibility index (Phi) is 3.44. The van der Waals surface area contributed by atoms with Crippen LogP contribution < -0.4 is 4.74 Å². The van der Waals surface area contributed by atoms with Gasteiger partial charge in [-0.15, -0.1) is 0 Å². The standard InChI is InChI=1S/C9H8N2O3/c1-2-13-9(12)14-8-5-7(6-10)3-4-11-8/h3-5H,2H2,1H3. The molecular weight excluding hydrogens is 184 g/mol. The van der Waals surface area contributed by atoms with Crippen LogP contribution >= 0.6 is 0 Å². The van der Waals surface area contributed by atoms with Crippen LogP contribution in [0.5, 0.6) is 5.88 Å². The summed E-state index contributed by atoms with van der Waals surface area (Å²) in [5, 5.41) is 8.55. The van der Waals surface area contributed by atoms with Gasteiger partial charge in [0.05, 0.1) is 18.2 Å². The van der Waals surface area contributed by atoms with Crippen LogP contribution in [0.4, 0.5) is 4.79 Å². The summed E-state index contributed by atoms with van der Waals surface area (Å²) in [5.74, 6) is 0.0579. The van der Waals surface area contributed by atoms with Crippen molar-refractivity contribution in [3.63, 3.8) is 0 Å². The zero-order chi connectivity index (χ0) is 10.4. The van der Waals surface area contributed by atoms with Crippen molar-refractivity contribution in [1.82, 2.24) is 4.98 Å². The number of nitriles is 1. The largest absolute Gasteiger partial charge is 0.515 e. The Balaban J connectivity index is 2.68. The number of pyridine rings is 1. The van der Waals surface area contributed by atoms with Crippen LogP contribution in [0.1, 0.15) is 12.5 Å². The highest BCUT2D eigenvalue weighted by atomic mass is 16.7. The lowest BCUT2D eigenvalue weighted by atomic mass is 10.3. The zero-order valence-corrected chi connectivity index (χ0v) is 7.56. The van der Waals surface area contributed by atoms with E-state index in [2.05, 4.69) is 14.5 Å². The number of hydrogen-bond acceptors (Lipinski definition) is 5. The van der Waals surface area contributed by atoms with Crippen LogP contribution in [0.2, 0.25) is 0 Å². The van der Waals surface area contributed by atoms with Crippen molar-refractivity contribution < 1.29 is 14.3 Å². The van der Waals surface area contributed by atoms with Crippen molar-refractivity contribution in [1.29, 1.82) is 5.26 Å². The van der Waals surface area contributed by atoms with Crippen molar-refractivity contribution in [2.75, 3.05) is 6.61 Å². The van der Waals surface area contributed by atoms with Gasteiger partial charge >= 0.3 is 6.16 Å². The molecule has 5 heteroatoms. The van der Waals surface area contributed by atoms with Crippen LogP contribution in [0.25, 0.3) is 0 Å². The van der Waals surface area contributed by atoms with Gasteiger partial charge in [-0.2, -0.15) is 5.26 Å². The fourth-order valence-corrected chi connectivity index (χ4v) is 0.767. The molecule has 0 spiro atoms. The maximum absolute atomic E-state index is 10.8. The molecule has 0 N–H and O–H groups in total. The van der Waals surface area contributed by atoms with Gasteiger partial charge in [-0.05, 0) is 13.0 Å². The topological polar surface area (TPSA) is 72.2 Å². The normalized spacial score (nSPS) is 8.86. The van der Waals surface area contributed by atoms with Gasteiger partial charge in [0, 0.05) is 12.3 Å². The minimum atomic E-state index is -0.824. The van der Waals surface area contributed by atoms with Crippen LogP contribution in [0.15, 0.2) is 18.3 Å². The first-order valence-corrected chi connectivity index (χ1v) is 3.97. The first-order chi connectivity index (χ1) is 6.76. The van der Waals surface area contributed by atoms with E-state index in [-0.39, 0.29) is 12.5 Å². The molecule has 5 nitrogen and oxygen atoms in total. The lowest BCUT2D eigenvalue weighted by Crippen LogP contribution is -2.10. The quantitative estimate of drug-likeness (QED) is 0.663. The Labute approximate surface area is 80.9 Å². The predicted molar refractivity (Wildman–Crippen MR) is 46.6 cm³/mol. The van der Waals surface area contributed by atoms with Crippen LogP contribution in [0, 0.1) is 11.3 Å². The van der Waals surface area contributed by atoms with Gasteiger partial charge in [0.1, 0.15) is 0 Å². The van der Waals surface area contributed by atoms with Crippen molar-refractivity contribution in [2.24, 2.45) is 0 Å². The third-order valence-electron chi connectivity index (χ3n) is 1.31. The summed E-state index contributed by atoms with van der Waals surface area (Å²) in [7, 11) is 0. The maximum atomic E-state index is 10.8. The summed E-state index contributed by atoms with van der Waals surface area (Å²) in [6, 6.07) is 4.77. The maximum Gasteiger partial charge on any atom is 0.515 e. The van der Waals surface area contributed by atoms with E-state index >= 15 is 0 Å². The summed E-state index contributed by atoms with van der Waals surface area (Å²) in [4.78, 5) is 14.6. The average Bonchev–Trinajstić information content (AvgIpc) is 2.18. The highest BCUT2D eigenvalue weighted by molar-refractivity contribution is 5.63. The molecule has 0 atom stereocenters. The van der Waals surface area contributed by atoms with Gasteiger partial charge in [0.25, 0.3) is 0 Å². The molecule has 0 radical (unpaired) electrons. The molecular formula is C9H8N2O3. The number of aromatic nitrogens is 1. The number of nitrogens with zero attached hydrogens (tertiary/aromatic N) is 2. The van der Waals surface area contributed by atoms with Crippen molar-refractivity contribution in [3.8, 4) is 11.9 Å². The van der Waals surface area contributed by atoms with E-state index in [1.54, 1.807) is 6.92 Å². The van der Waals surface area contributed by atoms with Crippen LogP contribution in [-0.2, 0) is 4.74 Å². The van der Waals surface area contributed by atoms with E-state index < -0.39 is 6.16 Å². The molecule has 0 aliphatic heterocycles. The number of rotatable bonds is 2. The molecule has 0 amide bonds. The second-order valence-corrected chi connectivity index (χ2v) is 2.28. The molecule has 0 aliphatic rings. The predicted octanol–water partition coefficient (Wildman–Crippen LogP) is 1.49. The number of hydrogen-bond donors (Lipinski definition) is 0. The molecule has 0 saturated heterocycles. The first kappa shape index (κ1) is 9.99. The summed E-state index contributed by atoms with van der Waals surface area (Å²) in [5.41, 5.74) is 0.374. The van der Waals surface area contributed by atoms with Crippen molar-refractivity contribution in [2.45, 2.75) is 6.92 Å². The number of carbonyl (C=O) groups excluding carboxylic acids is 1. The molecule has 0 fully saturated rings. The Morgan fingerprint density at radius 1 is 1.71 bits per heavy atom. The van der Waals surface area contributed by atoms with Crippen molar-refractivity contribution >= 4 is 6.16 Å². The fourth-order valence-electron chi connectivity index (χ4n) is 0.767. The Bertz CT molecular complexity index is 371. The first-order valence-electron chi connectivity index (χ1n) is 3.97. The lowest BCUT2D eigenvalue weighted by Gasteiger charge is -2.02. The van der Waals surface area contributed by atoms with E-state index in [9.17, 15) is 4.79 Å². The average molecular weight is 192 g/mol. The molecule has 72 valence electrons. The van der Waals surface area contributed by atoms with Gasteiger partial charge in [0.2, 0.25) is 5.88 Å². The molecule has 1 aromatic heterocycles. The molecule has 0 aromatic carbocycles. The summed E-state index contributed by atoms with van der Waals surface area (Å²) < 4.78 is 9.21. The molecule has 0 bridgehead atoms. The molecule has 14 heavy (non-hydrogen) atoms. The van der Waals surface area contributed by atoms with Crippen LogP contribution in [-0.4, -0.2) is 17.7 Å². The fraction of sp³-hybridized carbons (Fsp3) is 0.222. The van der Waals surface area contributed by atoms with Gasteiger partial charge in [-0.3, -0.25) is 0 Å². The molecule has 1 aromatic rings. The SMILES string of the molecule is CCOC(=O)Oc1cc(C#N)ccn1. The molecule has 0 unspecified atom stereocenters. The van der Waals surface area contributed by atoms with Gasteiger partial charge in [-0.25, -0.2) is 9.78 Å². The van der Waals surface area contributed by atoms with Gasteiger partial charge in [0.15, 0.2) is 0 Å². The Hall–Kier alpha value is -2.09. The second-order valence-electron chi connectivity index (χ2n) is 2.28. The summed E-state index contributed by atoms with van der Waals surface area (Å²) in [6.45, 7) is 1.90. The van der Waals surface area contributed by atoms with E-state index in [4.69, 9.17) is 5.26 Å². The molecule has 0 aliphatic carbocycles. The van der Waals surface area contributed by atoms with Crippen LogP contribution in [0.3, 0.4) is 0 Å². The summed E-state index contributed by atoms with van der Waals surface area (Å²) >= 11 is 0. The Morgan fingerprint density at radius 2 is 2.50 bits per heavy atom. The third kappa shape index (κ3) is 2.75. The van der Waals surface area contributed by atoms with E-state index in [1.807, 2.05) is 6.07 Å². The third-order valence-corrected chi connectivity index (χ3v) is 1.31. The van der Waals surface area contributed by atoms with E-state index in [0.29, 0.717) is 5.56 Å². The van der Waals surface area contributed by atoms with Crippen molar-refractivity contribution in [3.05, 3.63) is 23.9 Å². The monoisotopic (exact) mass is 192 g/mol. The van der Waals surface area contributed by atoms with Gasteiger partial charge in [-0.1, -0.05) is 0 Å². The smallest absolute Gasteiger partial charge is 0.434 e. The summed E-state index contributed by atoms with van der Waals surface area (Å²) in [6.07, 6.45) is 0.558. The highest BCUT2D eigenvalue weighted by Gasteiger charge is 2.05. The molecule has 1 rings (SSSR count). The number of ether oxygens (including phenoxy) is 2. The minimum absolute atomic E-state index is 0.0579.